The Hall–Kier alpha value is -0.970. The average molecular weight is 319 g/mol. The summed E-state index contributed by atoms with van der Waals surface area (Å²) in [5.41, 5.74) is 0. The molecular formula is C14H20Cl2N2O2. The first-order chi connectivity index (χ1) is 9.25. The SMILES string of the molecule is Cl.O=C(NCCOc1cccc(Cl)c1)C1CCCNC1. The van der Waals surface area contributed by atoms with Crippen molar-refractivity contribution in [1.29, 1.82) is 0 Å². The highest BCUT2D eigenvalue weighted by Crippen LogP contribution is 2.16. The van der Waals surface area contributed by atoms with Crippen LogP contribution in [0.2, 0.25) is 5.02 Å². The fourth-order valence-electron chi connectivity index (χ4n) is 2.12. The highest BCUT2D eigenvalue weighted by atomic mass is 35.5. The molecule has 1 aromatic carbocycles. The minimum atomic E-state index is 0. The number of hydrogen-bond acceptors (Lipinski definition) is 3. The van der Waals surface area contributed by atoms with E-state index in [1.165, 1.54) is 0 Å². The van der Waals surface area contributed by atoms with Gasteiger partial charge in [-0.05, 0) is 37.6 Å². The van der Waals surface area contributed by atoms with Gasteiger partial charge in [0.05, 0.1) is 12.5 Å². The summed E-state index contributed by atoms with van der Waals surface area (Å²) in [6.07, 6.45) is 2.03. The number of benzene rings is 1. The lowest BCUT2D eigenvalue weighted by atomic mass is 9.99. The summed E-state index contributed by atoms with van der Waals surface area (Å²) in [6, 6.07) is 7.24. The van der Waals surface area contributed by atoms with Crippen LogP contribution < -0.4 is 15.4 Å². The van der Waals surface area contributed by atoms with Crippen LogP contribution in [0.4, 0.5) is 0 Å². The van der Waals surface area contributed by atoms with Crippen molar-refractivity contribution >= 4 is 29.9 Å². The molecule has 0 bridgehead atoms. The molecule has 0 aromatic heterocycles. The second-order valence-corrected chi connectivity index (χ2v) is 5.08. The Morgan fingerprint density at radius 3 is 3.05 bits per heavy atom. The monoisotopic (exact) mass is 318 g/mol. The number of amides is 1. The summed E-state index contributed by atoms with van der Waals surface area (Å²) in [6.45, 7) is 2.76. The van der Waals surface area contributed by atoms with Gasteiger partial charge in [-0.15, -0.1) is 12.4 Å². The smallest absolute Gasteiger partial charge is 0.224 e. The van der Waals surface area contributed by atoms with E-state index in [1.807, 2.05) is 12.1 Å². The summed E-state index contributed by atoms with van der Waals surface area (Å²) >= 11 is 5.85. The van der Waals surface area contributed by atoms with Gasteiger partial charge in [-0.3, -0.25) is 4.79 Å². The van der Waals surface area contributed by atoms with Gasteiger partial charge in [-0.25, -0.2) is 0 Å². The highest BCUT2D eigenvalue weighted by Gasteiger charge is 2.20. The van der Waals surface area contributed by atoms with Gasteiger partial charge in [0.25, 0.3) is 0 Å². The van der Waals surface area contributed by atoms with Crippen LogP contribution in [0.3, 0.4) is 0 Å². The van der Waals surface area contributed by atoms with E-state index < -0.39 is 0 Å². The number of nitrogens with one attached hydrogen (secondary N) is 2. The number of ether oxygens (including phenoxy) is 1. The first-order valence-corrected chi connectivity index (χ1v) is 7.00. The van der Waals surface area contributed by atoms with E-state index >= 15 is 0 Å². The van der Waals surface area contributed by atoms with E-state index in [0.29, 0.717) is 18.2 Å². The van der Waals surface area contributed by atoms with Crippen LogP contribution in [0, 0.1) is 5.92 Å². The maximum absolute atomic E-state index is 11.8. The Morgan fingerprint density at radius 2 is 2.35 bits per heavy atom. The summed E-state index contributed by atoms with van der Waals surface area (Å²) in [5.74, 6) is 0.933. The maximum Gasteiger partial charge on any atom is 0.224 e. The van der Waals surface area contributed by atoms with E-state index in [0.717, 1.165) is 31.7 Å². The standard InChI is InChI=1S/C14H19ClN2O2.ClH/c15-12-4-1-5-13(9-12)19-8-7-17-14(18)11-3-2-6-16-10-11;/h1,4-5,9,11,16H,2-3,6-8,10H2,(H,17,18);1H. The van der Waals surface area contributed by atoms with Crippen molar-refractivity contribution in [2.45, 2.75) is 12.8 Å². The molecule has 1 aliphatic heterocycles. The van der Waals surface area contributed by atoms with Crippen LogP contribution in [-0.2, 0) is 4.79 Å². The Labute approximate surface area is 130 Å². The number of piperidine rings is 1. The van der Waals surface area contributed by atoms with E-state index in [1.54, 1.807) is 12.1 Å². The lowest BCUT2D eigenvalue weighted by molar-refractivity contribution is -0.125. The average Bonchev–Trinajstić information content (AvgIpc) is 2.44. The van der Waals surface area contributed by atoms with Crippen LogP contribution in [-0.4, -0.2) is 32.1 Å². The summed E-state index contributed by atoms with van der Waals surface area (Å²) < 4.78 is 5.51. The largest absolute Gasteiger partial charge is 0.492 e. The van der Waals surface area contributed by atoms with Gasteiger partial charge < -0.3 is 15.4 Å². The quantitative estimate of drug-likeness (QED) is 0.819. The predicted octanol–water partition coefficient (Wildman–Crippen LogP) is 2.26. The molecule has 1 aliphatic rings. The van der Waals surface area contributed by atoms with Crippen molar-refractivity contribution < 1.29 is 9.53 Å². The molecule has 2 rings (SSSR count). The van der Waals surface area contributed by atoms with Crippen molar-refractivity contribution in [3.05, 3.63) is 29.3 Å². The molecule has 1 heterocycles. The molecule has 20 heavy (non-hydrogen) atoms. The van der Waals surface area contributed by atoms with Crippen LogP contribution in [0.15, 0.2) is 24.3 Å². The Morgan fingerprint density at radius 1 is 1.50 bits per heavy atom. The Bertz CT molecular complexity index is 423. The van der Waals surface area contributed by atoms with Gasteiger partial charge in [-0.1, -0.05) is 17.7 Å². The molecule has 6 heteroatoms. The van der Waals surface area contributed by atoms with Crippen molar-refractivity contribution in [1.82, 2.24) is 10.6 Å². The Balaban J connectivity index is 0.00000200. The molecule has 1 unspecified atom stereocenters. The molecule has 1 aromatic rings. The lowest BCUT2D eigenvalue weighted by Gasteiger charge is -2.21. The predicted molar refractivity (Wildman–Crippen MR) is 82.8 cm³/mol. The van der Waals surface area contributed by atoms with Gasteiger partial charge in [0.15, 0.2) is 0 Å². The summed E-state index contributed by atoms with van der Waals surface area (Å²) in [5, 5.41) is 6.78. The highest BCUT2D eigenvalue weighted by molar-refractivity contribution is 6.30. The molecule has 0 spiro atoms. The first-order valence-electron chi connectivity index (χ1n) is 6.62. The maximum atomic E-state index is 11.8. The molecule has 1 atom stereocenters. The van der Waals surface area contributed by atoms with Crippen LogP contribution in [0.1, 0.15) is 12.8 Å². The van der Waals surface area contributed by atoms with Crippen LogP contribution in [0.25, 0.3) is 0 Å². The second kappa shape index (κ2) is 9.06. The van der Waals surface area contributed by atoms with Gasteiger partial charge in [-0.2, -0.15) is 0 Å². The number of halogens is 2. The molecule has 0 radical (unpaired) electrons. The molecule has 1 saturated heterocycles. The lowest BCUT2D eigenvalue weighted by Crippen LogP contribution is -2.41. The number of carbonyl (C=O) groups excluding carboxylic acids is 1. The molecule has 0 saturated carbocycles. The molecule has 1 fully saturated rings. The zero-order chi connectivity index (χ0) is 13.5. The summed E-state index contributed by atoms with van der Waals surface area (Å²) in [7, 11) is 0. The minimum Gasteiger partial charge on any atom is -0.492 e. The van der Waals surface area contributed by atoms with Gasteiger partial charge >= 0.3 is 0 Å². The van der Waals surface area contributed by atoms with E-state index in [2.05, 4.69) is 10.6 Å². The van der Waals surface area contributed by atoms with E-state index in [9.17, 15) is 4.79 Å². The van der Waals surface area contributed by atoms with Crippen molar-refractivity contribution in [3.63, 3.8) is 0 Å². The minimum absolute atomic E-state index is 0. The molecule has 1 amide bonds. The Kier molecular flexibility index (Phi) is 7.73. The first kappa shape index (κ1) is 17.1. The topological polar surface area (TPSA) is 50.4 Å². The number of rotatable bonds is 5. The van der Waals surface area contributed by atoms with E-state index in [-0.39, 0.29) is 24.2 Å². The fourth-order valence-corrected chi connectivity index (χ4v) is 2.30. The molecular weight excluding hydrogens is 299 g/mol. The fraction of sp³-hybridized carbons (Fsp3) is 0.500. The van der Waals surface area contributed by atoms with Gasteiger partial charge in [0.1, 0.15) is 12.4 Å². The van der Waals surface area contributed by atoms with Gasteiger partial charge in [0.2, 0.25) is 5.91 Å². The van der Waals surface area contributed by atoms with Crippen molar-refractivity contribution in [2.75, 3.05) is 26.2 Å². The molecule has 0 aliphatic carbocycles. The third-order valence-electron chi connectivity index (χ3n) is 3.13. The number of carbonyl (C=O) groups is 1. The van der Waals surface area contributed by atoms with Gasteiger partial charge in [0, 0.05) is 11.6 Å². The number of hydrogen-bond donors (Lipinski definition) is 2. The van der Waals surface area contributed by atoms with E-state index in [4.69, 9.17) is 16.3 Å². The normalized spacial score (nSPS) is 17.9. The zero-order valence-corrected chi connectivity index (χ0v) is 12.8. The summed E-state index contributed by atoms with van der Waals surface area (Å²) in [4.78, 5) is 11.8. The third kappa shape index (κ3) is 5.57. The third-order valence-corrected chi connectivity index (χ3v) is 3.37. The molecule has 2 N–H and O–H groups in total. The van der Waals surface area contributed by atoms with Crippen LogP contribution in [0.5, 0.6) is 5.75 Å². The zero-order valence-electron chi connectivity index (χ0n) is 11.2. The van der Waals surface area contributed by atoms with Crippen molar-refractivity contribution in [2.24, 2.45) is 5.92 Å². The van der Waals surface area contributed by atoms with Crippen LogP contribution >= 0.6 is 24.0 Å². The second-order valence-electron chi connectivity index (χ2n) is 4.64. The van der Waals surface area contributed by atoms with Crippen molar-refractivity contribution in [3.8, 4) is 5.75 Å². The molecule has 4 nitrogen and oxygen atoms in total. The molecule has 112 valence electrons.